The van der Waals surface area contributed by atoms with E-state index < -0.39 is 10.0 Å². The zero-order valence-corrected chi connectivity index (χ0v) is 15.9. The SMILES string of the molecule is CCCN(C)C1CN(Cc2cn(Cc3ccc(F)cc3)nn2)S(=O)(=O)C1. The molecule has 1 aliphatic heterocycles. The summed E-state index contributed by atoms with van der Waals surface area (Å²) in [5, 5.41) is 8.13. The van der Waals surface area contributed by atoms with E-state index >= 15 is 0 Å². The van der Waals surface area contributed by atoms with Crippen molar-refractivity contribution in [1.82, 2.24) is 24.2 Å². The van der Waals surface area contributed by atoms with E-state index in [0.717, 1.165) is 18.5 Å². The summed E-state index contributed by atoms with van der Waals surface area (Å²) in [6.45, 7) is 4.12. The number of likely N-dealkylation sites (N-methyl/N-ethyl adjacent to an activating group) is 1. The van der Waals surface area contributed by atoms with E-state index in [1.165, 1.54) is 16.4 Å². The molecule has 1 aromatic carbocycles. The number of benzene rings is 1. The van der Waals surface area contributed by atoms with Crippen molar-refractivity contribution < 1.29 is 12.8 Å². The average molecular weight is 381 g/mol. The highest BCUT2D eigenvalue weighted by atomic mass is 32.2. The number of nitrogens with zero attached hydrogens (tertiary/aromatic N) is 5. The van der Waals surface area contributed by atoms with Crippen molar-refractivity contribution in [2.75, 3.05) is 25.9 Å². The predicted octanol–water partition coefficient (Wildman–Crippen LogP) is 1.32. The fraction of sp³-hybridized carbons (Fsp3) is 0.529. The normalized spacial score (nSPS) is 20.1. The zero-order valence-electron chi connectivity index (χ0n) is 15.0. The fourth-order valence-electron chi connectivity index (χ4n) is 3.16. The Balaban J connectivity index is 1.64. The van der Waals surface area contributed by atoms with Gasteiger partial charge in [0.25, 0.3) is 0 Å². The Kier molecular flexibility index (Phi) is 5.69. The molecular formula is C17H24FN5O2S. The van der Waals surface area contributed by atoms with Gasteiger partial charge in [-0.1, -0.05) is 24.3 Å². The molecule has 1 aliphatic rings. The van der Waals surface area contributed by atoms with Gasteiger partial charge in [-0.15, -0.1) is 5.10 Å². The first-order chi connectivity index (χ1) is 12.4. The molecule has 1 aromatic heterocycles. The summed E-state index contributed by atoms with van der Waals surface area (Å²) in [6, 6.07) is 6.19. The molecule has 1 fully saturated rings. The van der Waals surface area contributed by atoms with Crippen LogP contribution in [0.2, 0.25) is 0 Å². The van der Waals surface area contributed by atoms with Gasteiger partial charge >= 0.3 is 0 Å². The minimum atomic E-state index is -3.28. The highest BCUT2D eigenvalue weighted by Gasteiger charge is 2.38. The molecule has 2 aromatic rings. The molecule has 0 amide bonds. The molecule has 0 saturated carbocycles. The van der Waals surface area contributed by atoms with E-state index in [1.807, 2.05) is 7.05 Å². The fourth-order valence-corrected chi connectivity index (χ4v) is 4.95. The molecule has 0 spiro atoms. The van der Waals surface area contributed by atoms with Crippen LogP contribution in [0.4, 0.5) is 4.39 Å². The van der Waals surface area contributed by atoms with Crippen molar-refractivity contribution in [2.45, 2.75) is 32.5 Å². The average Bonchev–Trinajstić information content (AvgIpc) is 3.14. The molecule has 7 nitrogen and oxygen atoms in total. The van der Waals surface area contributed by atoms with Gasteiger partial charge in [0, 0.05) is 12.6 Å². The van der Waals surface area contributed by atoms with Crippen LogP contribution in [0, 0.1) is 5.82 Å². The van der Waals surface area contributed by atoms with Crippen molar-refractivity contribution >= 4 is 10.0 Å². The van der Waals surface area contributed by atoms with Gasteiger partial charge < -0.3 is 4.90 Å². The Morgan fingerprint density at radius 2 is 2.00 bits per heavy atom. The highest BCUT2D eigenvalue weighted by molar-refractivity contribution is 7.89. The van der Waals surface area contributed by atoms with E-state index in [-0.39, 0.29) is 24.2 Å². The number of hydrogen-bond donors (Lipinski definition) is 0. The van der Waals surface area contributed by atoms with Crippen LogP contribution in [0.15, 0.2) is 30.5 Å². The van der Waals surface area contributed by atoms with Gasteiger partial charge in [0.1, 0.15) is 5.82 Å². The van der Waals surface area contributed by atoms with Crippen LogP contribution >= 0.6 is 0 Å². The van der Waals surface area contributed by atoms with Gasteiger partial charge in [-0.3, -0.25) is 0 Å². The largest absolute Gasteiger partial charge is 0.301 e. The van der Waals surface area contributed by atoms with Crippen LogP contribution in [0.5, 0.6) is 0 Å². The smallest absolute Gasteiger partial charge is 0.216 e. The van der Waals surface area contributed by atoms with Gasteiger partial charge in [0.05, 0.1) is 30.7 Å². The van der Waals surface area contributed by atoms with Crippen LogP contribution in [-0.2, 0) is 23.1 Å². The minimum absolute atomic E-state index is 0.00853. The van der Waals surface area contributed by atoms with Gasteiger partial charge in [-0.2, -0.15) is 4.31 Å². The summed E-state index contributed by atoms with van der Waals surface area (Å²) in [7, 11) is -1.31. The number of aromatic nitrogens is 3. The van der Waals surface area contributed by atoms with E-state index in [2.05, 4.69) is 22.1 Å². The molecule has 3 rings (SSSR count). The van der Waals surface area contributed by atoms with Gasteiger partial charge in [-0.25, -0.2) is 17.5 Å². The summed E-state index contributed by atoms with van der Waals surface area (Å²) < 4.78 is 40.9. The van der Waals surface area contributed by atoms with Crippen LogP contribution < -0.4 is 0 Å². The first-order valence-electron chi connectivity index (χ1n) is 8.69. The lowest BCUT2D eigenvalue weighted by molar-refractivity contribution is 0.241. The van der Waals surface area contributed by atoms with E-state index in [0.29, 0.717) is 18.8 Å². The van der Waals surface area contributed by atoms with Gasteiger partial charge in [0.2, 0.25) is 10.0 Å². The van der Waals surface area contributed by atoms with Crippen LogP contribution in [-0.4, -0.2) is 64.5 Å². The topological polar surface area (TPSA) is 71.3 Å². The molecular weight excluding hydrogens is 357 g/mol. The maximum Gasteiger partial charge on any atom is 0.216 e. The Hall–Kier alpha value is -1.84. The highest BCUT2D eigenvalue weighted by Crippen LogP contribution is 2.20. The van der Waals surface area contributed by atoms with Gasteiger partial charge in [0.15, 0.2) is 0 Å². The molecule has 0 radical (unpaired) electrons. The maximum absolute atomic E-state index is 13.0. The molecule has 2 heterocycles. The summed E-state index contributed by atoms with van der Waals surface area (Å²) in [4.78, 5) is 2.10. The molecule has 0 aliphatic carbocycles. The minimum Gasteiger partial charge on any atom is -0.301 e. The third kappa shape index (κ3) is 4.46. The second kappa shape index (κ2) is 7.81. The molecule has 0 bridgehead atoms. The van der Waals surface area contributed by atoms with E-state index in [1.54, 1.807) is 23.0 Å². The Bertz CT molecular complexity index is 837. The molecule has 1 atom stereocenters. The Morgan fingerprint density at radius 3 is 2.69 bits per heavy atom. The number of rotatable bonds is 7. The van der Waals surface area contributed by atoms with Gasteiger partial charge in [-0.05, 0) is 37.7 Å². The summed E-state index contributed by atoms with van der Waals surface area (Å²) in [5.74, 6) is -0.136. The van der Waals surface area contributed by atoms with Crippen molar-refractivity contribution in [3.8, 4) is 0 Å². The van der Waals surface area contributed by atoms with Crippen molar-refractivity contribution in [3.63, 3.8) is 0 Å². The van der Waals surface area contributed by atoms with Crippen molar-refractivity contribution in [2.24, 2.45) is 0 Å². The van der Waals surface area contributed by atoms with Crippen molar-refractivity contribution in [1.29, 1.82) is 0 Å². The Labute approximate surface area is 153 Å². The van der Waals surface area contributed by atoms with Crippen molar-refractivity contribution in [3.05, 3.63) is 47.5 Å². The molecule has 1 saturated heterocycles. The lowest BCUT2D eigenvalue weighted by Crippen LogP contribution is -2.36. The van der Waals surface area contributed by atoms with E-state index in [9.17, 15) is 12.8 Å². The third-order valence-corrected chi connectivity index (χ3v) is 6.46. The molecule has 0 N–H and O–H groups in total. The summed E-state index contributed by atoms with van der Waals surface area (Å²) >= 11 is 0. The second-order valence-electron chi connectivity index (χ2n) is 6.74. The van der Waals surface area contributed by atoms with E-state index in [4.69, 9.17) is 0 Å². The molecule has 26 heavy (non-hydrogen) atoms. The maximum atomic E-state index is 13.0. The summed E-state index contributed by atoms with van der Waals surface area (Å²) in [6.07, 6.45) is 2.73. The van der Waals surface area contributed by atoms with Crippen LogP contribution in [0.3, 0.4) is 0 Å². The standard InChI is InChI=1S/C17H24FN5O2S/c1-3-8-21(2)17-12-23(26(24,25)13-17)11-16-10-22(20-19-16)9-14-4-6-15(18)7-5-14/h4-7,10,17H,3,8-9,11-13H2,1-2H3. The first kappa shape index (κ1) is 18.9. The van der Waals surface area contributed by atoms with Crippen LogP contribution in [0.25, 0.3) is 0 Å². The molecule has 142 valence electrons. The zero-order chi connectivity index (χ0) is 18.7. The molecule has 9 heteroatoms. The molecule has 1 unspecified atom stereocenters. The lowest BCUT2D eigenvalue weighted by Gasteiger charge is -2.22. The quantitative estimate of drug-likeness (QED) is 0.723. The summed E-state index contributed by atoms with van der Waals surface area (Å²) in [5.41, 5.74) is 1.51. The Morgan fingerprint density at radius 1 is 1.27 bits per heavy atom. The number of sulfonamides is 1. The second-order valence-corrected chi connectivity index (χ2v) is 8.75. The third-order valence-electron chi connectivity index (χ3n) is 4.59. The number of hydrogen-bond acceptors (Lipinski definition) is 5. The lowest BCUT2D eigenvalue weighted by atomic mass is 10.2. The first-order valence-corrected chi connectivity index (χ1v) is 10.3. The van der Waals surface area contributed by atoms with Crippen LogP contribution in [0.1, 0.15) is 24.6 Å². The monoisotopic (exact) mass is 381 g/mol. The number of halogens is 1. The predicted molar refractivity (Wildman–Crippen MR) is 96.4 cm³/mol.